The van der Waals surface area contributed by atoms with E-state index in [1.165, 1.54) is 11.1 Å². The fourth-order valence-electron chi connectivity index (χ4n) is 3.65. The molecular weight excluding hydrogens is 312 g/mol. The standard InChI is InChI=1S/C21H22N2O2/c1-22-20(23-10-12-25-13-11-23)15-19(24)18-9-5-8-17(21(18)22)14-16-6-3-2-4-7-16/h2-9,15H,10-14H2,1H3. The van der Waals surface area contributed by atoms with E-state index >= 15 is 0 Å². The van der Waals surface area contributed by atoms with Gasteiger partial charge in [0.25, 0.3) is 0 Å². The number of morpholine rings is 1. The summed E-state index contributed by atoms with van der Waals surface area (Å²) in [5, 5.41) is 0.785. The third-order valence-corrected chi connectivity index (χ3v) is 4.90. The van der Waals surface area contributed by atoms with Gasteiger partial charge in [0.2, 0.25) is 0 Å². The van der Waals surface area contributed by atoms with Crippen molar-refractivity contribution in [1.82, 2.24) is 4.57 Å². The first-order chi connectivity index (χ1) is 12.2. The van der Waals surface area contributed by atoms with E-state index in [4.69, 9.17) is 4.74 Å². The number of pyridine rings is 1. The lowest BCUT2D eigenvalue weighted by Gasteiger charge is -2.31. The summed E-state index contributed by atoms with van der Waals surface area (Å²) in [6.45, 7) is 3.05. The van der Waals surface area contributed by atoms with Crippen LogP contribution in [-0.2, 0) is 18.2 Å². The van der Waals surface area contributed by atoms with E-state index in [-0.39, 0.29) is 5.43 Å². The van der Waals surface area contributed by atoms with E-state index < -0.39 is 0 Å². The van der Waals surface area contributed by atoms with Crippen molar-refractivity contribution in [2.75, 3.05) is 31.2 Å². The molecule has 1 fully saturated rings. The van der Waals surface area contributed by atoms with Gasteiger partial charge in [-0.3, -0.25) is 4.79 Å². The topological polar surface area (TPSA) is 34.5 Å². The molecule has 0 amide bonds. The summed E-state index contributed by atoms with van der Waals surface area (Å²) in [6, 6.07) is 18.2. The number of para-hydroxylation sites is 1. The molecule has 0 spiro atoms. The molecule has 1 aliphatic rings. The Balaban J connectivity index is 1.86. The molecule has 0 N–H and O–H groups in total. The molecule has 0 radical (unpaired) electrons. The molecule has 3 aromatic rings. The van der Waals surface area contributed by atoms with E-state index in [1.54, 1.807) is 6.07 Å². The van der Waals surface area contributed by atoms with Crippen LogP contribution >= 0.6 is 0 Å². The lowest BCUT2D eigenvalue weighted by molar-refractivity contribution is 0.122. The van der Waals surface area contributed by atoms with E-state index in [0.717, 1.165) is 36.2 Å². The van der Waals surface area contributed by atoms with Gasteiger partial charge in [-0.15, -0.1) is 0 Å². The number of anilines is 1. The van der Waals surface area contributed by atoms with Crippen LogP contribution < -0.4 is 10.3 Å². The zero-order chi connectivity index (χ0) is 17.2. The highest BCUT2D eigenvalue weighted by Crippen LogP contribution is 2.24. The molecule has 0 saturated carbocycles. The highest BCUT2D eigenvalue weighted by atomic mass is 16.5. The van der Waals surface area contributed by atoms with Crippen LogP contribution in [0.25, 0.3) is 10.9 Å². The molecule has 0 unspecified atom stereocenters. The molecule has 128 valence electrons. The third kappa shape index (κ3) is 3.05. The average Bonchev–Trinajstić information content (AvgIpc) is 2.66. The molecule has 1 aliphatic heterocycles. The fraction of sp³-hybridized carbons (Fsp3) is 0.286. The largest absolute Gasteiger partial charge is 0.378 e. The number of aromatic nitrogens is 1. The smallest absolute Gasteiger partial charge is 0.191 e. The first-order valence-corrected chi connectivity index (χ1v) is 8.72. The fourth-order valence-corrected chi connectivity index (χ4v) is 3.65. The molecule has 2 aromatic carbocycles. The van der Waals surface area contributed by atoms with E-state index in [1.807, 2.05) is 18.2 Å². The molecule has 4 nitrogen and oxygen atoms in total. The Kier molecular flexibility index (Phi) is 4.28. The quantitative estimate of drug-likeness (QED) is 0.738. The predicted molar refractivity (Wildman–Crippen MR) is 101 cm³/mol. The molecular formula is C21H22N2O2. The van der Waals surface area contributed by atoms with Gasteiger partial charge in [0.15, 0.2) is 5.43 Å². The maximum Gasteiger partial charge on any atom is 0.191 e. The molecule has 4 rings (SSSR count). The summed E-state index contributed by atoms with van der Waals surface area (Å²) in [7, 11) is 2.06. The van der Waals surface area contributed by atoms with Gasteiger partial charge in [-0.25, -0.2) is 0 Å². The number of benzene rings is 2. The van der Waals surface area contributed by atoms with Crippen molar-refractivity contribution in [3.05, 3.63) is 75.9 Å². The van der Waals surface area contributed by atoms with Gasteiger partial charge in [-0.05, 0) is 23.6 Å². The highest BCUT2D eigenvalue weighted by molar-refractivity contribution is 5.84. The maximum absolute atomic E-state index is 12.7. The Morgan fingerprint density at radius 3 is 2.52 bits per heavy atom. The van der Waals surface area contributed by atoms with Crippen LogP contribution in [0.1, 0.15) is 11.1 Å². The van der Waals surface area contributed by atoms with Gasteiger partial charge >= 0.3 is 0 Å². The summed E-state index contributed by atoms with van der Waals surface area (Å²) >= 11 is 0. The van der Waals surface area contributed by atoms with Crippen LogP contribution in [0, 0.1) is 0 Å². The molecule has 0 bridgehead atoms. The number of hydrogen-bond acceptors (Lipinski definition) is 3. The second kappa shape index (κ2) is 6.73. The lowest BCUT2D eigenvalue weighted by Crippen LogP contribution is -2.38. The Bertz CT molecular complexity index is 941. The van der Waals surface area contributed by atoms with Crippen molar-refractivity contribution in [2.24, 2.45) is 7.05 Å². The first kappa shape index (κ1) is 15.9. The lowest BCUT2D eigenvalue weighted by atomic mass is 10.0. The summed E-state index contributed by atoms with van der Waals surface area (Å²) in [6.07, 6.45) is 0.817. The van der Waals surface area contributed by atoms with Gasteiger partial charge < -0.3 is 14.2 Å². The minimum absolute atomic E-state index is 0.0875. The minimum atomic E-state index is 0.0875. The van der Waals surface area contributed by atoms with Gasteiger partial charge in [0, 0.05) is 31.6 Å². The molecule has 0 atom stereocenters. The van der Waals surface area contributed by atoms with Gasteiger partial charge in [-0.1, -0.05) is 42.5 Å². The monoisotopic (exact) mass is 334 g/mol. The van der Waals surface area contributed by atoms with Gasteiger partial charge in [-0.2, -0.15) is 0 Å². The number of hydrogen-bond donors (Lipinski definition) is 0. The van der Waals surface area contributed by atoms with Crippen molar-refractivity contribution in [2.45, 2.75) is 6.42 Å². The Morgan fingerprint density at radius 1 is 1.00 bits per heavy atom. The Morgan fingerprint density at radius 2 is 1.76 bits per heavy atom. The number of fused-ring (bicyclic) bond motifs is 1. The second-order valence-corrected chi connectivity index (χ2v) is 6.50. The van der Waals surface area contributed by atoms with Crippen molar-refractivity contribution in [3.8, 4) is 0 Å². The van der Waals surface area contributed by atoms with Gasteiger partial charge in [0.1, 0.15) is 5.82 Å². The summed E-state index contributed by atoms with van der Waals surface area (Å²) in [5.74, 6) is 0.973. The highest BCUT2D eigenvalue weighted by Gasteiger charge is 2.17. The third-order valence-electron chi connectivity index (χ3n) is 4.90. The van der Waals surface area contributed by atoms with E-state index in [9.17, 15) is 4.79 Å². The number of nitrogens with zero attached hydrogens (tertiary/aromatic N) is 2. The van der Waals surface area contributed by atoms with Crippen LogP contribution in [0.4, 0.5) is 5.82 Å². The van der Waals surface area contributed by atoms with Crippen molar-refractivity contribution in [3.63, 3.8) is 0 Å². The SMILES string of the molecule is Cn1c(N2CCOCC2)cc(=O)c2cccc(Cc3ccccc3)c21. The van der Waals surface area contributed by atoms with Crippen LogP contribution in [0.3, 0.4) is 0 Å². The first-order valence-electron chi connectivity index (χ1n) is 8.72. The summed E-state index contributed by atoms with van der Waals surface area (Å²) in [5.41, 5.74) is 3.54. The van der Waals surface area contributed by atoms with Crippen LogP contribution in [0.5, 0.6) is 0 Å². The molecule has 25 heavy (non-hydrogen) atoms. The maximum atomic E-state index is 12.7. The van der Waals surface area contributed by atoms with Crippen LogP contribution in [0.2, 0.25) is 0 Å². The zero-order valence-electron chi connectivity index (χ0n) is 14.4. The molecule has 1 aromatic heterocycles. The Hall–Kier alpha value is -2.59. The minimum Gasteiger partial charge on any atom is -0.378 e. The average molecular weight is 334 g/mol. The number of aryl methyl sites for hydroxylation is 1. The molecule has 0 aliphatic carbocycles. The zero-order valence-corrected chi connectivity index (χ0v) is 14.4. The molecule has 4 heteroatoms. The van der Waals surface area contributed by atoms with E-state index in [0.29, 0.717) is 13.2 Å². The van der Waals surface area contributed by atoms with Gasteiger partial charge in [0.05, 0.1) is 18.7 Å². The second-order valence-electron chi connectivity index (χ2n) is 6.50. The van der Waals surface area contributed by atoms with Crippen molar-refractivity contribution < 1.29 is 4.74 Å². The van der Waals surface area contributed by atoms with E-state index in [2.05, 4.69) is 46.8 Å². The number of ether oxygens (including phenoxy) is 1. The Labute approximate surface area is 147 Å². The van der Waals surface area contributed by atoms with Crippen LogP contribution in [-0.4, -0.2) is 30.9 Å². The summed E-state index contributed by atoms with van der Waals surface area (Å²) in [4.78, 5) is 15.0. The van der Waals surface area contributed by atoms with Crippen molar-refractivity contribution >= 4 is 16.7 Å². The summed E-state index contributed by atoms with van der Waals surface area (Å²) < 4.78 is 7.62. The van der Waals surface area contributed by atoms with Crippen molar-refractivity contribution in [1.29, 1.82) is 0 Å². The van der Waals surface area contributed by atoms with Crippen LogP contribution in [0.15, 0.2) is 59.4 Å². The number of rotatable bonds is 3. The normalized spacial score (nSPS) is 14.8. The molecule has 2 heterocycles. The predicted octanol–water partition coefficient (Wildman–Crippen LogP) is 2.97. The molecule has 1 saturated heterocycles.